The van der Waals surface area contributed by atoms with Crippen molar-refractivity contribution in [3.05, 3.63) is 46.4 Å². The number of aliphatic hydroxyl groups excluding tert-OH is 1. The number of halogens is 1. The SMILES string of the molecule is CC(C)C(CO)NCC1(Nc2cccc(Br)c2)N=CNc2cc3c(cc21)OCCO3. The van der Waals surface area contributed by atoms with Crippen molar-refractivity contribution in [3.8, 4) is 11.5 Å². The highest BCUT2D eigenvalue weighted by atomic mass is 79.9. The Kier molecular flexibility index (Phi) is 6.17. The molecule has 2 aromatic carbocycles. The van der Waals surface area contributed by atoms with Crippen molar-refractivity contribution in [2.45, 2.75) is 25.6 Å². The lowest BCUT2D eigenvalue weighted by atomic mass is 9.93. The quantitative estimate of drug-likeness (QED) is 0.490. The van der Waals surface area contributed by atoms with E-state index in [1.54, 1.807) is 6.34 Å². The Bertz CT molecular complexity index is 937. The number of aliphatic imine (C=N–C) groups is 1. The number of rotatable bonds is 7. The summed E-state index contributed by atoms with van der Waals surface area (Å²) in [5, 5.41) is 20.2. The first-order valence-corrected chi connectivity index (χ1v) is 10.9. The Labute approximate surface area is 185 Å². The summed E-state index contributed by atoms with van der Waals surface area (Å²) in [4.78, 5) is 4.84. The van der Waals surface area contributed by atoms with E-state index in [0.717, 1.165) is 27.2 Å². The Morgan fingerprint density at radius 2 is 1.97 bits per heavy atom. The van der Waals surface area contributed by atoms with Crippen LogP contribution in [0.2, 0.25) is 0 Å². The predicted octanol–water partition coefficient (Wildman–Crippen LogP) is 3.55. The van der Waals surface area contributed by atoms with Gasteiger partial charge in [0.1, 0.15) is 13.2 Å². The van der Waals surface area contributed by atoms with E-state index in [0.29, 0.717) is 25.5 Å². The summed E-state index contributed by atoms with van der Waals surface area (Å²) >= 11 is 3.54. The summed E-state index contributed by atoms with van der Waals surface area (Å²) in [6.45, 7) is 5.77. The standard InChI is InChI=1S/C22H27BrN4O3/c1-14(2)19(11-28)24-12-22(27-16-5-3-4-15(23)8-16)17-9-20-21(30-7-6-29-20)10-18(17)25-13-26-22/h3-5,8-10,13-14,19,24,27-28H,6-7,11-12H2,1-2H3,(H,25,26). The fraction of sp³-hybridized carbons (Fsp3) is 0.409. The summed E-state index contributed by atoms with van der Waals surface area (Å²) in [5.74, 6) is 1.72. The maximum Gasteiger partial charge on any atom is 0.172 e. The van der Waals surface area contributed by atoms with E-state index in [4.69, 9.17) is 14.5 Å². The van der Waals surface area contributed by atoms with Gasteiger partial charge in [-0.1, -0.05) is 35.8 Å². The molecule has 4 rings (SSSR count). The van der Waals surface area contributed by atoms with Crippen LogP contribution in [-0.4, -0.2) is 43.9 Å². The predicted molar refractivity (Wildman–Crippen MR) is 123 cm³/mol. The van der Waals surface area contributed by atoms with E-state index in [1.165, 1.54) is 0 Å². The highest BCUT2D eigenvalue weighted by Gasteiger charge is 2.38. The molecule has 2 atom stereocenters. The van der Waals surface area contributed by atoms with Crippen LogP contribution in [-0.2, 0) is 5.66 Å². The zero-order valence-corrected chi connectivity index (χ0v) is 18.7. The molecule has 0 aliphatic carbocycles. The molecule has 160 valence electrons. The zero-order valence-electron chi connectivity index (χ0n) is 17.1. The molecule has 0 saturated heterocycles. The van der Waals surface area contributed by atoms with Gasteiger partial charge in [-0.05, 0) is 30.2 Å². The number of ether oxygens (including phenoxy) is 2. The third kappa shape index (κ3) is 4.26. The molecule has 0 aromatic heterocycles. The summed E-state index contributed by atoms with van der Waals surface area (Å²) < 4.78 is 12.6. The van der Waals surface area contributed by atoms with Gasteiger partial charge in [0, 0.05) is 34.4 Å². The first-order valence-electron chi connectivity index (χ1n) is 10.1. The van der Waals surface area contributed by atoms with Crippen LogP contribution >= 0.6 is 15.9 Å². The van der Waals surface area contributed by atoms with Crippen molar-refractivity contribution >= 4 is 33.6 Å². The van der Waals surface area contributed by atoms with Crippen molar-refractivity contribution in [1.82, 2.24) is 5.32 Å². The highest BCUT2D eigenvalue weighted by molar-refractivity contribution is 9.10. The summed E-state index contributed by atoms with van der Waals surface area (Å²) in [6, 6.07) is 11.9. The van der Waals surface area contributed by atoms with Crippen LogP contribution in [0.3, 0.4) is 0 Å². The van der Waals surface area contributed by atoms with Gasteiger partial charge in [-0.3, -0.25) is 0 Å². The summed E-state index contributed by atoms with van der Waals surface area (Å²) in [5.41, 5.74) is 1.99. The number of fused-ring (bicyclic) bond motifs is 2. The van der Waals surface area contributed by atoms with Crippen molar-refractivity contribution in [1.29, 1.82) is 0 Å². The number of benzene rings is 2. The number of nitrogens with one attached hydrogen (secondary N) is 3. The maximum atomic E-state index is 9.81. The van der Waals surface area contributed by atoms with Gasteiger partial charge in [-0.15, -0.1) is 0 Å². The van der Waals surface area contributed by atoms with E-state index < -0.39 is 5.66 Å². The van der Waals surface area contributed by atoms with Crippen LogP contribution in [0.1, 0.15) is 19.4 Å². The molecule has 7 nitrogen and oxygen atoms in total. The lowest BCUT2D eigenvalue weighted by Gasteiger charge is -2.38. The third-order valence-corrected chi connectivity index (χ3v) is 5.92. The molecule has 0 spiro atoms. The fourth-order valence-electron chi connectivity index (χ4n) is 3.71. The van der Waals surface area contributed by atoms with Crippen molar-refractivity contribution in [2.24, 2.45) is 10.9 Å². The minimum Gasteiger partial charge on any atom is -0.486 e. The zero-order chi connectivity index (χ0) is 21.1. The maximum absolute atomic E-state index is 9.81. The molecule has 0 amide bonds. The van der Waals surface area contributed by atoms with Gasteiger partial charge in [0.2, 0.25) is 0 Å². The molecule has 30 heavy (non-hydrogen) atoms. The molecule has 8 heteroatoms. The van der Waals surface area contributed by atoms with Gasteiger partial charge in [-0.2, -0.15) is 0 Å². The average Bonchev–Trinajstić information content (AvgIpc) is 2.73. The molecule has 0 fully saturated rings. The molecule has 0 saturated carbocycles. The summed E-state index contributed by atoms with van der Waals surface area (Å²) in [7, 11) is 0. The molecular weight excluding hydrogens is 448 g/mol. The smallest absolute Gasteiger partial charge is 0.172 e. The lowest BCUT2D eigenvalue weighted by Crippen LogP contribution is -2.50. The van der Waals surface area contributed by atoms with Crippen LogP contribution in [0.15, 0.2) is 45.9 Å². The van der Waals surface area contributed by atoms with Crippen molar-refractivity contribution in [3.63, 3.8) is 0 Å². The van der Waals surface area contributed by atoms with Crippen LogP contribution in [0.25, 0.3) is 0 Å². The molecule has 2 unspecified atom stereocenters. The average molecular weight is 475 g/mol. The minimum atomic E-state index is -0.792. The second-order valence-electron chi connectivity index (χ2n) is 7.85. The second-order valence-corrected chi connectivity index (χ2v) is 8.77. The van der Waals surface area contributed by atoms with Crippen LogP contribution in [0, 0.1) is 5.92 Å². The number of anilines is 2. The van der Waals surface area contributed by atoms with Crippen LogP contribution < -0.4 is 25.4 Å². The molecule has 0 radical (unpaired) electrons. The van der Waals surface area contributed by atoms with Crippen molar-refractivity contribution < 1.29 is 14.6 Å². The van der Waals surface area contributed by atoms with Gasteiger partial charge >= 0.3 is 0 Å². The van der Waals surface area contributed by atoms with E-state index in [9.17, 15) is 5.11 Å². The molecule has 0 bridgehead atoms. The first kappa shape index (κ1) is 21.0. The lowest BCUT2D eigenvalue weighted by molar-refractivity contribution is 0.171. The second kappa shape index (κ2) is 8.83. The van der Waals surface area contributed by atoms with Gasteiger partial charge in [-0.25, -0.2) is 4.99 Å². The number of nitrogens with zero attached hydrogens (tertiary/aromatic N) is 1. The van der Waals surface area contributed by atoms with Gasteiger partial charge in [0.15, 0.2) is 17.2 Å². The minimum absolute atomic E-state index is 0.0445. The third-order valence-electron chi connectivity index (χ3n) is 5.43. The molecule has 2 aromatic rings. The van der Waals surface area contributed by atoms with E-state index in [1.807, 2.05) is 36.4 Å². The van der Waals surface area contributed by atoms with E-state index in [-0.39, 0.29) is 18.6 Å². The van der Waals surface area contributed by atoms with Gasteiger partial charge < -0.3 is 30.5 Å². The first-order chi connectivity index (χ1) is 14.5. The number of hydrogen-bond acceptors (Lipinski definition) is 7. The molecule has 2 aliphatic rings. The Morgan fingerprint density at radius 1 is 1.20 bits per heavy atom. The number of aliphatic hydroxyl groups is 1. The van der Waals surface area contributed by atoms with Crippen LogP contribution in [0.5, 0.6) is 11.5 Å². The molecule has 4 N–H and O–H groups in total. The van der Waals surface area contributed by atoms with Crippen LogP contribution in [0.4, 0.5) is 11.4 Å². The fourth-order valence-corrected chi connectivity index (χ4v) is 4.11. The Hall–Kier alpha value is -2.29. The van der Waals surface area contributed by atoms with E-state index >= 15 is 0 Å². The monoisotopic (exact) mass is 474 g/mol. The molecule has 2 aliphatic heterocycles. The normalized spacial score (nSPS) is 20.4. The molecular formula is C22H27BrN4O3. The highest BCUT2D eigenvalue weighted by Crippen LogP contribution is 2.43. The van der Waals surface area contributed by atoms with Crippen molar-refractivity contribution in [2.75, 3.05) is 37.0 Å². The number of hydrogen-bond donors (Lipinski definition) is 4. The van der Waals surface area contributed by atoms with Gasteiger partial charge in [0.25, 0.3) is 0 Å². The topological polar surface area (TPSA) is 87.1 Å². The molecule has 2 heterocycles. The largest absolute Gasteiger partial charge is 0.486 e. The van der Waals surface area contributed by atoms with E-state index in [2.05, 4.69) is 45.7 Å². The summed E-state index contributed by atoms with van der Waals surface area (Å²) in [6.07, 6.45) is 1.70. The Morgan fingerprint density at radius 3 is 2.67 bits per heavy atom. The Balaban J connectivity index is 1.75. The van der Waals surface area contributed by atoms with Gasteiger partial charge in [0.05, 0.1) is 18.6 Å².